The average Bonchev–Trinajstić information content (AvgIpc) is 3.38. The van der Waals surface area contributed by atoms with Gasteiger partial charge in [-0.05, 0) is 49.7 Å². The van der Waals surface area contributed by atoms with Gasteiger partial charge in [-0.25, -0.2) is 0 Å². The fraction of sp³-hybridized carbons (Fsp3) is 0.250. The van der Waals surface area contributed by atoms with Gasteiger partial charge in [0.15, 0.2) is 11.5 Å². The Morgan fingerprint density at radius 3 is 2.37 bits per heavy atom. The minimum absolute atomic E-state index is 0.0408. The topological polar surface area (TPSA) is 77.7 Å². The molecular weight excluding hydrogens is 442 g/mol. The minimum atomic E-state index is -0.127. The monoisotopic (exact) mass is 471 g/mol. The Hall–Kier alpha value is -4.13. The van der Waals surface area contributed by atoms with Crippen LogP contribution in [0.2, 0.25) is 0 Å². The van der Waals surface area contributed by atoms with Crippen molar-refractivity contribution >= 4 is 5.91 Å². The molecule has 0 unspecified atom stereocenters. The quantitative estimate of drug-likeness (QED) is 0.320. The van der Waals surface area contributed by atoms with Crippen LogP contribution in [0, 0.1) is 6.92 Å². The van der Waals surface area contributed by atoms with Crippen LogP contribution in [0.3, 0.4) is 0 Å². The highest BCUT2D eigenvalue weighted by Gasteiger charge is 2.24. The Kier molecular flexibility index (Phi) is 7.45. The maximum absolute atomic E-state index is 13.5. The van der Waals surface area contributed by atoms with Gasteiger partial charge in [0.05, 0.1) is 20.3 Å². The van der Waals surface area contributed by atoms with Crippen molar-refractivity contribution in [1.82, 2.24) is 15.0 Å². The van der Waals surface area contributed by atoms with Crippen molar-refractivity contribution in [2.75, 3.05) is 20.8 Å². The van der Waals surface area contributed by atoms with Crippen LogP contribution in [0.15, 0.2) is 77.3 Å². The third-order valence-electron chi connectivity index (χ3n) is 5.99. The molecule has 1 atom stereocenters. The van der Waals surface area contributed by atoms with E-state index in [1.807, 2.05) is 79.4 Å². The van der Waals surface area contributed by atoms with Crippen molar-refractivity contribution in [3.05, 3.63) is 95.4 Å². The van der Waals surface area contributed by atoms with Gasteiger partial charge in [-0.15, -0.1) is 0 Å². The first-order valence-corrected chi connectivity index (χ1v) is 11.5. The van der Waals surface area contributed by atoms with Crippen LogP contribution in [0.1, 0.15) is 40.3 Å². The molecule has 4 aromatic rings. The molecular formula is C28H29N3O4. The lowest BCUT2D eigenvalue weighted by Gasteiger charge is -2.29. The molecule has 0 radical (unpaired) electrons. The summed E-state index contributed by atoms with van der Waals surface area (Å²) in [6.45, 7) is 4.46. The number of ether oxygens (including phenoxy) is 2. The molecule has 4 rings (SSSR count). The van der Waals surface area contributed by atoms with Crippen LogP contribution in [-0.2, 0) is 6.42 Å². The maximum Gasteiger partial charge on any atom is 0.254 e. The van der Waals surface area contributed by atoms with E-state index in [1.165, 1.54) is 0 Å². The molecule has 0 spiro atoms. The van der Waals surface area contributed by atoms with Crippen LogP contribution in [-0.4, -0.2) is 41.7 Å². The van der Waals surface area contributed by atoms with E-state index in [4.69, 9.17) is 14.0 Å². The van der Waals surface area contributed by atoms with Gasteiger partial charge in [-0.3, -0.25) is 4.79 Å². The third kappa shape index (κ3) is 5.51. The molecule has 0 aliphatic rings. The Morgan fingerprint density at radius 2 is 1.69 bits per heavy atom. The highest BCUT2D eigenvalue weighted by atomic mass is 16.5. The number of rotatable bonds is 9. The fourth-order valence-corrected chi connectivity index (χ4v) is 3.91. The summed E-state index contributed by atoms with van der Waals surface area (Å²) >= 11 is 0. The van der Waals surface area contributed by atoms with E-state index in [1.54, 1.807) is 26.4 Å². The lowest BCUT2D eigenvalue weighted by molar-refractivity contribution is 0.0689. The number of amides is 1. The van der Waals surface area contributed by atoms with Gasteiger partial charge in [-0.1, -0.05) is 53.2 Å². The standard InChI is InChI=1S/C28H29N3O4/c1-19-10-12-22(13-11-19)28(32)31(20(2)21-8-6-5-7-9-21)17-16-26-29-27(30-35-26)23-14-15-24(33-3)25(18-23)34-4/h5-15,18,20H,16-17H2,1-4H3/t20-/m1/s1. The molecule has 180 valence electrons. The first-order valence-electron chi connectivity index (χ1n) is 11.5. The van der Waals surface area contributed by atoms with Crippen LogP contribution < -0.4 is 9.47 Å². The summed E-state index contributed by atoms with van der Waals surface area (Å²) in [6, 6.07) is 22.9. The summed E-state index contributed by atoms with van der Waals surface area (Å²) in [4.78, 5) is 19.9. The van der Waals surface area contributed by atoms with E-state index < -0.39 is 0 Å². The molecule has 3 aromatic carbocycles. The number of nitrogens with zero attached hydrogens (tertiary/aromatic N) is 3. The molecule has 7 nitrogen and oxygen atoms in total. The van der Waals surface area contributed by atoms with Crippen LogP contribution >= 0.6 is 0 Å². The zero-order chi connectivity index (χ0) is 24.8. The zero-order valence-electron chi connectivity index (χ0n) is 20.4. The fourth-order valence-electron chi connectivity index (χ4n) is 3.91. The van der Waals surface area contributed by atoms with Crippen molar-refractivity contribution in [3.8, 4) is 22.9 Å². The van der Waals surface area contributed by atoms with Gasteiger partial charge in [0.2, 0.25) is 11.7 Å². The molecule has 0 N–H and O–H groups in total. The molecule has 0 aliphatic heterocycles. The number of aryl methyl sites for hydroxylation is 1. The van der Waals surface area contributed by atoms with E-state index in [2.05, 4.69) is 10.1 Å². The normalized spacial score (nSPS) is 11.7. The number of carbonyl (C=O) groups is 1. The number of hydrogen-bond acceptors (Lipinski definition) is 6. The van der Waals surface area contributed by atoms with Crippen LogP contribution in [0.4, 0.5) is 0 Å². The lowest BCUT2D eigenvalue weighted by atomic mass is 10.0. The SMILES string of the molecule is COc1ccc(-c2noc(CCN(C(=O)c3ccc(C)cc3)[C@H](C)c3ccccc3)n2)cc1OC. The highest BCUT2D eigenvalue weighted by Crippen LogP contribution is 2.31. The molecule has 0 fully saturated rings. The van der Waals surface area contributed by atoms with Crippen molar-refractivity contribution in [2.45, 2.75) is 26.3 Å². The largest absolute Gasteiger partial charge is 0.493 e. The van der Waals surface area contributed by atoms with Crippen molar-refractivity contribution in [3.63, 3.8) is 0 Å². The van der Waals surface area contributed by atoms with Gasteiger partial charge < -0.3 is 18.9 Å². The molecule has 1 heterocycles. The van der Waals surface area contributed by atoms with Crippen molar-refractivity contribution in [1.29, 1.82) is 0 Å². The average molecular weight is 472 g/mol. The van der Waals surface area contributed by atoms with Gasteiger partial charge >= 0.3 is 0 Å². The number of carbonyl (C=O) groups excluding carboxylic acids is 1. The predicted octanol–water partition coefficient (Wildman–Crippen LogP) is 5.51. The number of aromatic nitrogens is 2. The lowest BCUT2D eigenvalue weighted by Crippen LogP contribution is -2.35. The molecule has 0 bridgehead atoms. The minimum Gasteiger partial charge on any atom is -0.493 e. The smallest absolute Gasteiger partial charge is 0.254 e. The second kappa shape index (κ2) is 10.9. The summed E-state index contributed by atoms with van der Waals surface area (Å²) in [5.41, 5.74) is 3.57. The second-order valence-corrected chi connectivity index (χ2v) is 8.28. The highest BCUT2D eigenvalue weighted by molar-refractivity contribution is 5.94. The van der Waals surface area contributed by atoms with Crippen molar-refractivity contribution < 1.29 is 18.8 Å². The summed E-state index contributed by atoms with van der Waals surface area (Å²) in [7, 11) is 3.17. The van der Waals surface area contributed by atoms with E-state index in [9.17, 15) is 4.79 Å². The first kappa shape index (κ1) is 24.0. The zero-order valence-corrected chi connectivity index (χ0v) is 20.4. The van der Waals surface area contributed by atoms with Gasteiger partial charge in [0, 0.05) is 24.1 Å². The maximum atomic E-state index is 13.5. The van der Waals surface area contributed by atoms with Crippen LogP contribution in [0.5, 0.6) is 11.5 Å². The summed E-state index contributed by atoms with van der Waals surface area (Å²) in [6.07, 6.45) is 0.426. The van der Waals surface area contributed by atoms with E-state index in [0.717, 1.165) is 16.7 Å². The summed E-state index contributed by atoms with van der Waals surface area (Å²) in [5.74, 6) is 2.08. The van der Waals surface area contributed by atoms with Crippen LogP contribution in [0.25, 0.3) is 11.4 Å². The van der Waals surface area contributed by atoms with Gasteiger partial charge in [0.25, 0.3) is 5.91 Å². The summed E-state index contributed by atoms with van der Waals surface area (Å²) < 4.78 is 16.2. The van der Waals surface area contributed by atoms with Crippen molar-refractivity contribution in [2.24, 2.45) is 0 Å². The van der Waals surface area contributed by atoms with Gasteiger partial charge in [-0.2, -0.15) is 4.98 Å². The molecule has 1 aromatic heterocycles. The number of methoxy groups -OCH3 is 2. The number of hydrogen-bond donors (Lipinski definition) is 0. The van der Waals surface area contributed by atoms with E-state index >= 15 is 0 Å². The van der Waals surface area contributed by atoms with Gasteiger partial charge in [0.1, 0.15) is 0 Å². The molecule has 0 saturated heterocycles. The molecule has 35 heavy (non-hydrogen) atoms. The Bertz CT molecular complexity index is 1270. The predicted molar refractivity (Wildman–Crippen MR) is 134 cm³/mol. The molecule has 1 amide bonds. The molecule has 0 aliphatic carbocycles. The third-order valence-corrected chi connectivity index (χ3v) is 5.99. The second-order valence-electron chi connectivity index (χ2n) is 8.28. The molecule has 0 saturated carbocycles. The Balaban J connectivity index is 1.55. The Morgan fingerprint density at radius 1 is 0.971 bits per heavy atom. The number of benzene rings is 3. The van der Waals surface area contributed by atoms with E-state index in [-0.39, 0.29) is 11.9 Å². The summed E-state index contributed by atoms with van der Waals surface area (Å²) in [5, 5.41) is 4.13. The first-order chi connectivity index (χ1) is 17.0. The molecule has 7 heteroatoms. The Labute approximate surface area is 205 Å². The van der Waals surface area contributed by atoms with E-state index in [0.29, 0.717) is 41.7 Å².